The minimum Gasteiger partial charge on any atom is -0.383 e. The highest BCUT2D eigenvalue weighted by molar-refractivity contribution is 7.96. The van der Waals surface area contributed by atoms with Crippen LogP contribution < -0.4 is 5.32 Å². The van der Waals surface area contributed by atoms with Crippen molar-refractivity contribution in [1.82, 2.24) is 20.3 Å². The van der Waals surface area contributed by atoms with Crippen molar-refractivity contribution >= 4 is 17.9 Å². The van der Waals surface area contributed by atoms with Gasteiger partial charge in [0.15, 0.2) is 0 Å². The number of hydrogen-bond donors (Lipinski definition) is 2. The number of ether oxygens (including phenoxy) is 1. The predicted molar refractivity (Wildman–Crippen MR) is 53.1 cm³/mol. The van der Waals surface area contributed by atoms with Crippen LogP contribution in [-0.2, 0) is 17.8 Å². The molecule has 1 aromatic rings. The van der Waals surface area contributed by atoms with E-state index in [1.165, 1.54) is 0 Å². The standard InChI is InChI=1S/C7H12N4O2S/c1-13-3-2-11-5-6(9-10-11)4-8-7(12)14/h5H,2-4H2,1H3,(H2,8,12,14). The van der Waals surface area contributed by atoms with Crippen molar-refractivity contribution in [2.75, 3.05) is 13.7 Å². The number of aromatic nitrogens is 3. The SMILES string of the molecule is COCCn1cc(CNC(=O)S)nn1. The molecule has 0 aromatic carbocycles. The number of amides is 1. The van der Waals surface area contributed by atoms with Gasteiger partial charge in [-0.2, -0.15) is 0 Å². The Morgan fingerprint density at radius 2 is 2.57 bits per heavy atom. The number of carbonyl (C=O) groups is 1. The Labute approximate surface area is 87.0 Å². The fraction of sp³-hybridized carbons (Fsp3) is 0.571. The van der Waals surface area contributed by atoms with E-state index in [1.807, 2.05) is 0 Å². The average Bonchev–Trinajstić information content (AvgIpc) is 2.59. The van der Waals surface area contributed by atoms with E-state index >= 15 is 0 Å². The van der Waals surface area contributed by atoms with Gasteiger partial charge in [0.25, 0.3) is 5.24 Å². The molecule has 6 nitrogen and oxygen atoms in total. The minimum atomic E-state index is -0.378. The van der Waals surface area contributed by atoms with Gasteiger partial charge >= 0.3 is 0 Å². The number of hydrogen-bond acceptors (Lipinski definition) is 4. The molecule has 1 amide bonds. The fourth-order valence-corrected chi connectivity index (χ4v) is 0.959. The number of carbonyl (C=O) groups excluding carboxylic acids is 1. The highest BCUT2D eigenvalue weighted by atomic mass is 32.1. The maximum Gasteiger partial charge on any atom is 0.276 e. The first-order chi connectivity index (χ1) is 6.72. The highest BCUT2D eigenvalue weighted by Gasteiger charge is 2.00. The number of thiol groups is 1. The molecule has 78 valence electrons. The van der Waals surface area contributed by atoms with Crippen molar-refractivity contribution in [3.8, 4) is 0 Å². The first-order valence-corrected chi connectivity index (χ1v) is 4.52. The molecular weight excluding hydrogens is 204 g/mol. The van der Waals surface area contributed by atoms with Crippen LogP contribution in [-0.4, -0.2) is 33.9 Å². The molecule has 7 heteroatoms. The van der Waals surface area contributed by atoms with Gasteiger partial charge in [-0.05, 0) is 0 Å². The summed E-state index contributed by atoms with van der Waals surface area (Å²) in [6.07, 6.45) is 1.75. The topological polar surface area (TPSA) is 69.0 Å². The minimum absolute atomic E-state index is 0.343. The van der Waals surface area contributed by atoms with E-state index in [9.17, 15) is 4.79 Å². The summed E-state index contributed by atoms with van der Waals surface area (Å²) in [6, 6.07) is 0. The monoisotopic (exact) mass is 216 g/mol. The van der Waals surface area contributed by atoms with Crippen LogP contribution in [0.15, 0.2) is 6.20 Å². The van der Waals surface area contributed by atoms with Crippen molar-refractivity contribution in [3.05, 3.63) is 11.9 Å². The zero-order valence-electron chi connectivity index (χ0n) is 7.80. The second kappa shape index (κ2) is 5.61. The van der Waals surface area contributed by atoms with Gasteiger partial charge < -0.3 is 10.1 Å². The molecule has 0 aliphatic rings. The number of nitrogens with zero attached hydrogens (tertiary/aromatic N) is 3. The molecule has 1 heterocycles. The lowest BCUT2D eigenvalue weighted by molar-refractivity contribution is 0.183. The summed E-state index contributed by atoms with van der Waals surface area (Å²) in [4.78, 5) is 10.5. The average molecular weight is 216 g/mol. The van der Waals surface area contributed by atoms with Gasteiger partial charge in [0, 0.05) is 7.11 Å². The van der Waals surface area contributed by atoms with E-state index in [2.05, 4.69) is 28.3 Å². The van der Waals surface area contributed by atoms with Crippen molar-refractivity contribution in [3.63, 3.8) is 0 Å². The Bertz CT molecular complexity index is 302. The van der Waals surface area contributed by atoms with Crippen LogP contribution in [0.4, 0.5) is 4.79 Å². The lowest BCUT2D eigenvalue weighted by Gasteiger charge is -1.97. The first-order valence-electron chi connectivity index (χ1n) is 4.07. The molecule has 0 spiro atoms. The molecule has 0 unspecified atom stereocenters. The molecule has 0 saturated heterocycles. The van der Waals surface area contributed by atoms with E-state index in [0.29, 0.717) is 25.4 Å². The lowest BCUT2D eigenvalue weighted by atomic mass is 10.5. The zero-order valence-corrected chi connectivity index (χ0v) is 8.70. The van der Waals surface area contributed by atoms with Crippen molar-refractivity contribution in [1.29, 1.82) is 0 Å². The normalized spacial score (nSPS) is 10.1. The second-order valence-electron chi connectivity index (χ2n) is 2.62. The summed E-state index contributed by atoms with van der Waals surface area (Å²) in [6.45, 7) is 1.58. The summed E-state index contributed by atoms with van der Waals surface area (Å²) in [7, 11) is 1.62. The van der Waals surface area contributed by atoms with Gasteiger partial charge in [0.2, 0.25) is 0 Å². The van der Waals surface area contributed by atoms with Gasteiger partial charge in [-0.15, -0.1) is 5.10 Å². The third kappa shape index (κ3) is 3.75. The molecule has 0 aliphatic carbocycles. The van der Waals surface area contributed by atoms with Crippen molar-refractivity contribution < 1.29 is 9.53 Å². The molecule has 0 radical (unpaired) electrons. The summed E-state index contributed by atoms with van der Waals surface area (Å²) >= 11 is 3.57. The van der Waals surface area contributed by atoms with E-state index in [1.54, 1.807) is 18.0 Å². The van der Waals surface area contributed by atoms with E-state index < -0.39 is 0 Å². The molecule has 0 aliphatic heterocycles. The van der Waals surface area contributed by atoms with Crippen LogP contribution in [0.5, 0.6) is 0 Å². The largest absolute Gasteiger partial charge is 0.383 e. The summed E-state index contributed by atoms with van der Waals surface area (Å²) in [5.41, 5.74) is 0.698. The maximum atomic E-state index is 10.5. The Morgan fingerprint density at radius 3 is 3.21 bits per heavy atom. The van der Waals surface area contributed by atoms with Crippen molar-refractivity contribution in [2.45, 2.75) is 13.1 Å². The summed E-state index contributed by atoms with van der Waals surface area (Å²) < 4.78 is 6.54. The smallest absolute Gasteiger partial charge is 0.276 e. The molecular formula is C7H12N4O2S. The lowest BCUT2D eigenvalue weighted by Crippen LogP contribution is -2.15. The van der Waals surface area contributed by atoms with Crippen LogP contribution in [0.3, 0.4) is 0 Å². The van der Waals surface area contributed by atoms with Gasteiger partial charge in [-0.3, -0.25) is 4.79 Å². The molecule has 14 heavy (non-hydrogen) atoms. The number of nitrogens with one attached hydrogen (secondary N) is 1. The molecule has 0 atom stereocenters. The highest BCUT2D eigenvalue weighted by Crippen LogP contribution is 1.93. The van der Waals surface area contributed by atoms with E-state index in [4.69, 9.17) is 4.74 Å². The molecule has 0 fully saturated rings. The maximum absolute atomic E-state index is 10.5. The number of methoxy groups -OCH3 is 1. The Hall–Kier alpha value is -1.08. The van der Waals surface area contributed by atoms with E-state index in [0.717, 1.165) is 0 Å². The summed E-state index contributed by atoms with van der Waals surface area (Å²) in [5, 5.41) is 9.82. The Kier molecular flexibility index (Phi) is 4.41. The quantitative estimate of drug-likeness (QED) is 0.683. The fourth-order valence-electron chi connectivity index (χ4n) is 0.880. The molecule has 1 aromatic heterocycles. The molecule has 0 bridgehead atoms. The molecule has 1 rings (SSSR count). The van der Waals surface area contributed by atoms with Gasteiger partial charge in [0.1, 0.15) is 5.69 Å². The third-order valence-electron chi connectivity index (χ3n) is 1.53. The van der Waals surface area contributed by atoms with Crippen LogP contribution in [0, 0.1) is 0 Å². The van der Waals surface area contributed by atoms with Crippen LogP contribution in [0.2, 0.25) is 0 Å². The second-order valence-corrected chi connectivity index (χ2v) is 3.03. The molecule has 1 N–H and O–H groups in total. The van der Waals surface area contributed by atoms with Crippen LogP contribution in [0.1, 0.15) is 5.69 Å². The van der Waals surface area contributed by atoms with Gasteiger partial charge in [-0.1, -0.05) is 17.8 Å². The predicted octanol–water partition coefficient (Wildman–Crippen LogP) is 0.0639. The van der Waals surface area contributed by atoms with E-state index in [-0.39, 0.29) is 5.24 Å². The van der Waals surface area contributed by atoms with Crippen LogP contribution >= 0.6 is 12.6 Å². The molecule has 0 saturated carbocycles. The third-order valence-corrected chi connectivity index (χ3v) is 1.69. The first kappa shape index (κ1) is 11.0. The zero-order chi connectivity index (χ0) is 10.4. The Balaban J connectivity index is 2.38. The van der Waals surface area contributed by atoms with Crippen molar-refractivity contribution in [2.24, 2.45) is 0 Å². The number of rotatable bonds is 5. The van der Waals surface area contributed by atoms with Crippen LogP contribution in [0.25, 0.3) is 0 Å². The van der Waals surface area contributed by atoms with Gasteiger partial charge in [0.05, 0.1) is 25.9 Å². The summed E-state index contributed by atoms with van der Waals surface area (Å²) in [5.74, 6) is 0. The Morgan fingerprint density at radius 1 is 1.79 bits per heavy atom. The van der Waals surface area contributed by atoms with Gasteiger partial charge in [-0.25, -0.2) is 4.68 Å².